The van der Waals surface area contributed by atoms with Gasteiger partial charge in [0.25, 0.3) is 5.91 Å². The largest absolute Gasteiger partial charge is 0.447 e. The van der Waals surface area contributed by atoms with E-state index in [-0.39, 0.29) is 19.1 Å². The van der Waals surface area contributed by atoms with Crippen molar-refractivity contribution in [3.05, 3.63) is 47.5 Å². The monoisotopic (exact) mass is 303 g/mol. The van der Waals surface area contributed by atoms with Crippen molar-refractivity contribution in [3.63, 3.8) is 0 Å². The van der Waals surface area contributed by atoms with E-state index in [2.05, 4.69) is 0 Å². The van der Waals surface area contributed by atoms with Crippen molar-refractivity contribution in [2.75, 3.05) is 6.61 Å². The predicted molar refractivity (Wildman–Crippen MR) is 82.2 cm³/mol. The first-order chi connectivity index (χ1) is 10.5. The maximum Gasteiger partial charge on any atom is 0.417 e. The van der Waals surface area contributed by atoms with Crippen LogP contribution in [0.25, 0.3) is 0 Å². The van der Waals surface area contributed by atoms with Gasteiger partial charge in [0.15, 0.2) is 0 Å². The average Bonchev–Trinajstić information content (AvgIpc) is 2.85. The molecule has 22 heavy (non-hydrogen) atoms. The van der Waals surface area contributed by atoms with E-state index in [1.807, 2.05) is 44.2 Å². The van der Waals surface area contributed by atoms with E-state index in [0.717, 1.165) is 16.0 Å². The van der Waals surface area contributed by atoms with E-state index in [1.54, 1.807) is 6.08 Å². The van der Waals surface area contributed by atoms with Crippen LogP contribution in [0.15, 0.2) is 42.0 Å². The number of hydrogen-bond donors (Lipinski definition) is 1. The standard InChI is InChI=1S/C17H21NO4/c1-12(2)8-9-15(19)16(20)18-14(11-22-17(18)21)10-13-6-4-3-5-7-13/h3-8,14-15,19H,9-11H2,1-2H3. The molecule has 1 aliphatic rings. The highest BCUT2D eigenvalue weighted by molar-refractivity contribution is 5.95. The van der Waals surface area contributed by atoms with Crippen LogP contribution in [0.4, 0.5) is 4.79 Å². The first-order valence-corrected chi connectivity index (χ1v) is 7.34. The normalized spacial score (nSPS) is 18.8. The third kappa shape index (κ3) is 3.95. The van der Waals surface area contributed by atoms with Gasteiger partial charge in [-0.05, 0) is 25.8 Å². The molecule has 118 valence electrons. The molecule has 1 heterocycles. The van der Waals surface area contributed by atoms with Crippen LogP contribution in [0.3, 0.4) is 0 Å². The minimum Gasteiger partial charge on any atom is -0.447 e. The van der Waals surface area contributed by atoms with Gasteiger partial charge in [0.1, 0.15) is 12.7 Å². The third-order valence-electron chi connectivity index (χ3n) is 3.55. The zero-order valence-corrected chi connectivity index (χ0v) is 12.9. The predicted octanol–water partition coefficient (Wildman–Crippen LogP) is 2.29. The first-order valence-electron chi connectivity index (χ1n) is 7.34. The van der Waals surface area contributed by atoms with Gasteiger partial charge in [-0.25, -0.2) is 9.69 Å². The highest BCUT2D eigenvalue weighted by Gasteiger charge is 2.40. The maximum atomic E-state index is 12.3. The van der Waals surface area contributed by atoms with Crippen LogP contribution in [0.2, 0.25) is 0 Å². The molecule has 2 unspecified atom stereocenters. The topological polar surface area (TPSA) is 66.8 Å². The van der Waals surface area contributed by atoms with E-state index in [9.17, 15) is 14.7 Å². The third-order valence-corrected chi connectivity index (χ3v) is 3.55. The number of benzene rings is 1. The quantitative estimate of drug-likeness (QED) is 0.848. The SMILES string of the molecule is CC(C)=CCC(O)C(=O)N1C(=O)OCC1Cc1ccccc1. The molecule has 0 bridgehead atoms. The lowest BCUT2D eigenvalue weighted by molar-refractivity contribution is -0.137. The van der Waals surface area contributed by atoms with Gasteiger partial charge >= 0.3 is 6.09 Å². The van der Waals surface area contributed by atoms with Crippen LogP contribution in [0, 0.1) is 0 Å². The molecular weight excluding hydrogens is 282 g/mol. The van der Waals surface area contributed by atoms with Crippen LogP contribution in [0.1, 0.15) is 25.8 Å². The van der Waals surface area contributed by atoms with Crippen molar-refractivity contribution in [1.29, 1.82) is 0 Å². The lowest BCUT2D eigenvalue weighted by atomic mass is 10.0. The van der Waals surface area contributed by atoms with Gasteiger partial charge in [-0.2, -0.15) is 0 Å². The average molecular weight is 303 g/mol. The Balaban J connectivity index is 2.07. The fraction of sp³-hybridized carbons (Fsp3) is 0.412. The molecule has 0 aromatic heterocycles. The van der Waals surface area contributed by atoms with Crippen molar-refractivity contribution in [3.8, 4) is 0 Å². The Morgan fingerprint density at radius 3 is 2.73 bits per heavy atom. The van der Waals surface area contributed by atoms with Crippen molar-refractivity contribution < 1.29 is 19.4 Å². The zero-order valence-electron chi connectivity index (χ0n) is 12.9. The number of cyclic esters (lactones) is 1. The molecule has 2 rings (SSSR count). The molecule has 0 aliphatic carbocycles. The number of ether oxygens (including phenoxy) is 1. The number of aliphatic hydroxyl groups is 1. The lowest BCUT2D eigenvalue weighted by Crippen LogP contribution is -2.45. The van der Waals surface area contributed by atoms with Gasteiger partial charge in [-0.1, -0.05) is 42.0 Å². The van der Waals surface area contributed by atoms with Crippen LogP contribution >= 0.6 is 0 Å². The summed E-state index contributed by atoms with van der Waals surface area (Å²) in [5.74, 6) is -0.596. The summed E-state index contributed by atoms with van der Waals surface area (Å²) in [6.07, 6.45) is 0.591. The second-order valence-electron chi connectivity index (χ2n) is 5.66. The Kier molecular flexibility index (Phi) is 5.33. The van der Waals surface area contributed by atoms with E-state index in [0.29, 0.717) is 6.42 Å². The summed E-state index contributed by atoms with van der Waals surface area (Å²) in [6.45, 7) is 3.94. The van der Waals surface area contributed by atoms with Crippen LogP contribution in [0.5, 0.6) is 0 Å². The first kappa shape index (κ1) is 16.2. The van der Waals surface area contributed by atoms with Gasteiger partial charge in [0.2, 0.25) is 0 Å². The van der Waals surface area contributed by atoms with E-state index in [4.69, 9.17) is 4.74 Å². The molecule has 0 spiro atoms. The Hall–Kier alpha value is -2.14. The molecule has 5 nitrogen and oxygen atoms in total. The molecule has 5 heteroatoms. The van der Waals surface area contributed by atoms with Crippen LogP contribution < -0.4 is 0 Å². The van der Waals surface area contributed by atoms with E-state index >= 15 is 0 Å². The number of allylic oxidation sites excluding steroid dienone is 1. The minimum absolute atomic E-state index is 0.162. The fourth-order valence-corrected chi connectivity index (χ4v) is 2.38. The lowest BCUT2D eigenvalue weighted by Gasteiger charge is -2.22. The number of hydrogen-bond acceptors (Lipinski definition) is 4. The summed E-state index contributed by atoms with van der Waals surface area (Å²) < 4.78 is 4.99. The zero-order chi connectivity index (χ0) is 16.1. The van der Waals surface area contributed by atoms with Crippen LogP contribution in [-0.2, 0) is 16.0 Å². The van der Waals surface area contributed by atoms with Gasteiger partial charge in [0.05, 0.1) is 6.04 Å². The molecule has 1 saturated heterocycles. The minimum atomic E-state index is -1.22. The molecular formula is C17H21NO4. The second-order valence-corrected chi connectivity index (χ2v) is 5.66. The number of imide groups is 1. The van der Waals surface area contributed by atoms with E-state index < -0.39 is 18.1 Å². The number of aliphatic hydroxyl groups excluding tert-OH is 1. The smallest absolute Gasteiger partial charge is 0.417 e. The maximum absolute atomic E-state index is 12.3. The van der Waals surface area contributed by atoms with Crippen molar-refractivity contribution >= 4 is 12.0 Å². The molecule has 1 aliphatic heterocycles. The highest BCUT2D eigenvalue weighted by atomic mass is 16.6. The number of amides is 2. The molecule has 1 aromatic carbocycles. The van der Waals surface area contributed by atoms with E-state index in [1.165, 1.54) is 0 Å². The fourth-order valence-electron chi connectivity index (χ4n) is 2.38. The Morgan fingerprint density at radius 1 is 1.41 bits per heavy atom. The van der Waals surface area contributed by atoms with Gasteiger partial charge in [-0.15, -0.1) is 0 Å². The summed E-state index contributed by atoms with van der Waals surface area (Å²) in [5.41, 5.74) is 2.03. The van der Waals surface area contributed by atoms with Crippen molar-refractivity contribution in [2.45, 2.75) is 38.8 Å². The number of nitrogens with zero attached hydrogens (tertiary/aromatic N) is 1. The van der Waals surface area contributed by atoms with Gasteiger partial charge in [0, 0.05) is 6.42 Å². The van der Waals surface area contributed by atoms with Crippen molar-refractivity contribution in [2.24, 2.45) is 0 Å². The Morgan fingerprint density at radius 2 is 2.09 bits per heavy atom. The molecule has 1 aromatic rings. The number of carbonyl (C=O) groups is 2. The highest BCUT2D eigenvalue weighted by Crippen LogP contribution is 2.19. The Labute approximate surface area is 130 Å². The molecule has 0 radical (unpaired) electrons. The summed E-state index contributed by atoms with van der Waals surface area (Å²) in [4.78, 5) is 25.2. The summed E-state index contributed by atoms with van der Waals surface area (Å²) >= 11 is 0. The summed E-state index contributed by atoms with van der Waals surface area (Å²) in [6, 6.07) is 9.22. The van der Waals surface area contributed by atoms with Crippen LogP contribution in [-0.4, -0.2) is 40.8 Å². The summed E-state index contributed by atoms with van der Waals surface area (Å²) in [5, 5.41) is 9.99. The molecule has 1 fully saturated rings. The molecule has 0 saturated carbocycles. The Bertz CT molecular complexity index is 563. The van der Waals surface area contributed by atoms with Gasteiger partial charge < -0.3 is 9.84 Å². The number of rotatable bonds is 5. The summed E-state index contributed by atoms with van der Waals surface area (Å²) in [7, 11) is 0. The van der Waals surface area contributed by atoms with Crippen molar-refractivity contribution in [1.82, 2.24) is 4.90 Å². The van der Waals surface area contributed by atoms with Gasteiger partial charge in [-0.3, -0.25) is 4.79 Å². The molecule has 2 amide bonds. The number of carbonyl (C=O) groups excluding carboxylic acids is 2. The second kappa shape index (κ2) is 7.22. The molecule has 2 atom stereocenters. The molecule has 1 N–H and O–H groups in total.